The van der Waals surface area contributed by atoms with Gasteiger partial charge < -0.3 is 14.8 Å². The third-order valence-electron chi connectivity index (χ3n) is 4.90. The molecule has 0 fully saturated rings. The molecule has 1 aliphatic carbocycles. The molecule has 30 heavy (non-hydrogen) atoms. The summed E-state index contributed by atoms with van der Waals surface area (Å²) < 4.78 is 10.5. The molecule has 2 aromatic rings. The second-order valence-electron chi connectivity index (χ2n) is 7.43. The molecule has 0 saturated heterocycles. The van der Waals surface area contributed by atoms with Crippen molar-refractivity contribution in [3.05, 3.63) is 32.1 Å². The Morgan fingerprint density at radius 2 is 2.13 bits per heavy atom. The number of ether oxygens (including phenoxy) is 2. The summed E-state index contributed by atoms with van der Waals surface area (Å²) in [7, 11) is 0. The molecule has 9 heteroatoms. The molecule has 162 valence electrons. The van der Waals surface area contributed by atoms with Crippen molar-refractivity contribution in [1.82, 2.24) is 4.98 Å². The van der Waals surface area contributed by atoms with Gasteiger partial charge in [-0.3, -0.25) is 9.59 Å². The van der Waals surface area contributed by atoms with Crippen LogP contribution in [0.3, 0.4) is 0 Å². The number of amides is 1. The number of fused-ring (bicyclic) bond motifs is 1. The standard InChI is InChI=1S/C21H26N2O5S2/c1-5-27-21(26)18-15-7-6-11(2)8-16(15)30-20(18)23-19(25)12(3)28-17(24)9-14-10-29-13(4)22-14/h10-12H,5-9H2,1-4H3,(H,23,25). The van der Waals surface area contributed by atoms with Crippen LogP contribution in [0.15, 0.2) is 5.38 Å². The zero-order valence-corrected chi connectivity index (χ0v) is 19.2. The lowest BCUT2D eigenvalue weighted by Crippen LogP contribution is -2.30. The number of thiazole rings is 1. The Bertz CT molecular complexity index is 949. The number of aryl methyl sites for hydroxylation is 1. The summed E-state index contributed by atoms with van der Waals surface area (Å²) in [6.07, 6.45) is 1.67. The minimum Gasteiger partial charge on any atom is -0.462 e. The lowest BCUT2D eigenvalue weighted by molar-refractivity contribution is -0.152. The van der Waals surface area contributed by atoms with Gasteiger partial charge in [0.25, 0.3) is 5.91 Å². The maximum atomic E-state index is 12.7. The SMILES string of the molecule is CCOC(=O)c1c(NC(=O)C(C)OC(=O)Cc2csc(C)n2)sc2c1CCC(C)C2. The predicted molar refractivity (Wildman–Crippen MR) is 116 cm³/mol. The van der Waals surface area contributed by atoms with Crippen LogP contribution in [-0.2, 0) is 38.3 Å². The van der Waals surface area contributed by atoms with Gasteiger partial charge in [-0.25, -0.2) is 9.78 Å². The Kier molecular flexibility index (Phi) is 7.25. The summed E-state index contributed by atoms with van der Waals surface area (Å²) in [4.78, 5) is 42.7. The highest BCUT2D eigenvalue weighted by atomic mass is 32.1. The molecule has 0 aromatic carbocycles. The van der Waals surface area contributed by atoms with E-state index in [1.54, 1.807) is 12.3 Å². The lowest BCUT2D eigenvalue weighted by Gasteiger charge is -2.18. The van der Waals surface area contributed by atoms with Gasteiger partial charge in [0.05, 0.1) is 29.3 Å². The van der Waals surface area contributed by atoms with Crippen LogP contribution in [0.25, 0.3) is 0 Å². The van der Waals surface area contributed by atoms with Gasteiger partial charge in [0.2, 0.25) is 0 Å². The number of nitrogens with one attached hydrogen (secondary N) is 1. The summed E-state index contributed by atoms with van der Waals surface area (Å²) in [6, 6.07) is 0. The van der Waals surface area contributed by atoms with Gasteiger partial charge in [0, 0.05) is 10.3 Å². The van der Waals surface area contributed by atoms with E-state index >= 15 is 0 Å². The Balaban J connectivity index is 1.70. The molecule has 0 aliphatic heterocycles. The van der Waals surface area contributed by atoms with Crippen LogP contribution in [0, 0.1) is 12.8 Å². The van der Waals surface area contributed by atoms with Crippen molar-refractivity contribution in [3.8, 4) is 0 Å². The van der Waals surface area contributed by atoms with Crippen molar-refractivity contribution < 1.29 is 23.9 Å². The number of carbonyl (C=O) groups is 3. The van der Waals surface area contributed by atoms with E-state index in [0.29, 0.717) is 22.2 Å². The first-order valence-electron chi connectivity index (χ1n) is 10.0. The maximum Gasteiger partial charge on any atom is 0.341 e. The van der Waals surface area contributed by atoms with E-state index in [1.807, 2.05) is 6.92 Å². The molecule has 1 amide bonds. The second kappa shape index (κ2) is 9.70. The first kappa shape index (κ1) is 22.4. The quantitative estimate of drug-likeness (QED) is 0.643. The highest BCUT2D eigenvalue weighted by molar-refractivity contribution is 7.17. The molecule has 1 aliphatic rings. The molecule has 0 bridgehead atoms. The second-order valence-corrected chi connectivity index (χ2v) is 9.60. The number of nitrogens with zero attached hydrogens (tertiary/aromatic N) is 1. The van der Waals surface area contributed by atoms with Crippen molar-refractivity contribution in [2.75, 3.05) is 11.9 Å². The highest BCUT2D eigenvalue weighted by Crippen LogP contribution is 2.40. The fraction of sp³-hybridized carbons (Fsp3) is 0.524. The average molecular weight is 451 g/mol. The number of anilines is 1. The Labute approximate surface area is 183 Å². The summed E-state index contributed by atoms with van der Waals surface area (Å²) in [5.74, 6) is -0.893. The largest absolute Gasteiger partial charge is 0.462 e. The number of hydrogen-bond acceptors (Lipinski definition) is 8. The maximum absolute atomic E-state index is 12.7. The zero-order valence-electron chi connectivity index (χ0n) is 17.6. The Morgan fingerprint density at radius 3 is 2.80 bits per heavy atom. The fourth-order valence-corrected chi connectivity index (χ4v) is 5.42. The van der Waals surface area contributed by atoms with Crippen LogP contribution >= 0.6 is 22.7 Å². The van der Waals surface area contributed by atoms with E-state index in [2.05, 4.69) is 17.2 Å². The van der Waals surface area contributed by atoms with Crippen LogP contribution < -0.4 is 5.32 Å². The molecule has 2 aromatic heterocycles. The van der Waals surface area contributed by atoms with Crippen LogP contribution in [0.4, 0.5) is 5.00 Å². The third-order valence-corrected chi connectivity index (χ3v) is 6.89. The molecule has 2 unspecified atom stereocenters. The van der Waals surface area contributed by atoms with Crippen molar-refractivity contribution in [2.24, 2.45) is 5.92 Å². The first-order chi connectivity index (χ1) is 14.3. The molecule has 2 heterocycles. The van der Waals surface area contributed by atoms with E-state index in [0.717, 1.165) is 34.7 Å². The number of rotatable bonds is 7. The first-order valence-corrected chi connectivity index (χ1v) is 11.7. The summed E-state index contributed by atoms with van der Waals surface area (Å²) >= 11 is 2.86. The van der Waals surface area contributed by atoms with E-state index in [4.69, 9.17) is 9.47 Å². The molecule has 2 atom stereocenters. The Morgan fingerprint density at radius 1 is 1.37 bits per heavy atom. The van der Waals surface area contributed by atoms with Gasteiger partial charge in [-0.1, -0.05) is 6.92 Å². The van der Waals surface area contributed by atoms with Crippen molar-refractivity contribution in [3.63, 3.8) is 0 Å². The average Bonchev–Trinajstić information content (AvgIpc) is 3.23. The van der Waals surface area contributed by atoms with Gasteiger partial charge in [-0.15, -0.1) is 22.7 Å². The van der Waals surface area contributed by atoms with Crippen LogP contribution in [0.2, 0.25) is 0 Å². The topological polar surface area (TPSA) is 94.6 Å². The summed E-state index contributed by atoms with van der Waals surface area (Å²) in [5.41, 5.74) is 2.03. The molecule has 7 nitrogen and oxygen atoms in total. The summed E-state index contributed by atoms with van der Waals surface area (Å²) in [6.45, 7) is 7.56. The van der Waals surface area contributed by atoms with Crippen molar-refractivity contribution in [1.29, 1.82) is 0 Å². The molecule has 3 rings (SSSR count). The molecular formula is C21H26N2O5S2. The van der Waals surface area contributed by atoms with Crippen molar-refractivity contribution in [2.45, 2.75) is 59.5 Å². The van der Waals surface area contributed by atoms with Crippen LogP contribution in [-0.4, -0.2) is 35.5 Å². The zero-order chi connectivity index (χ0) is 21.8. The highest BCUT2D eigenvalue weighted by Gasteiger charge is 2.30. The number of carbonyl (C=O) groups excluding carboxylic acids is 3. The minimum atomic E-state index is -0.995. The van der Waals surface area contributed by atoms with Gasteiger partial charge in [0.15, 0.2) is 6.10 Å². The van der Waals surface area contributed by atoms with E-state index in [-0.39, 0.29) is 13.0 Å². The van der Waals surface area contributed by atoms with Gasteiger partial charge in [-0.2, -0.15) is 0 Å². The molecule has 0 radical (unpaired) electrons. The number of esters is 2. The third kappa shape index (κ3) is 5.26. The smallest absolute Gasteiger partial charge is 0.341 e. The number of hydrogen-bond donors (Lipinski definition) is 1. The number of aromatic nitrogens is 1. The monoisotopic (exact) mass is 450 g/mol. The van der Waals surface area contributed by atoms with E-state index in [9.17, 15) is 14.4 Å². The number of thiophene rings is 1. The predicted octanol–water partition coefficient (Wildman–Crippen LogP) is 3.93. The minimum absolute atomic E-state index is 0.0151. The van der Waals surface area contributed by atoms with E-state index in [1.165, 1.54) is 29.6 Å². The van der Waals surface area contributed by atoms with Crippen LogP contribution in [0.5, 0.6) is 0 Å². The molecule has 0 saturated carbocycles. The summed E-state index contributed by atoms with van der Waals surface area (Å²) in [5, 5.41) is 5.91. The molecule has 0 spiro atoms. The van der Waals surface area contributed by atoms with Gasteiger partial charge in [-0.05, 0) is 51.5 Å². The molecule has 1 N–H and O–H groups in total. The Hall–Kier alpha value is -2.26. The molecular weight excluding hydrogens is 424 g/mol. The fourth-order valence-electron chi connectivity index (χ4n) is 3.40. The van der Waals surface area contributed by atoms with Crippen LogP contribution in [0.1, 0.15) is 58.7 Å². The van der Waals surface area contributed by atoms with Gasteiger partial charge in [0.1, 0.15) is 5.00 Å². The van der Waals surface area contributed by atoms with E-state index < -0.39 is 23.9 Å². The van der Waals surface area contributed by atoms with Crippen molar-refractivity contribution >= 4 is 45.5 Å². The normalized spacial score (nSPS) is 16.5. The lowest BCUT2D eigenvalue weighted by atomic mass is 9.88. The van der Waals surface area contributed by atoms with Gasteiger partial charge >= 0.3 is 11.9 Å².